The van der Waals surface area contributed by atoms with Crippen LogP contribution < -0.4 is 10.1 Å². The molecule has 0 fully saturated rings. The average molecular weight is 434 g/mol. The average Bonchev–Trinajstić information content (AvgIpc) is 2.44. The van der Waals surface area contributed by atoms with Crippen molar-refractivity contribution < 1.29 is 4.74 Å². The lowest BCUT2D eigenvalue weighted by molar-refractivity contribution is 0.403. The number of halogens is 3. The fourth-order valence-corrected chi connectivity index (χ4v) is 3.95. The SMILES string of the molecule is COc1c(Br)cc(Br)cc1CN[C@H](C)c1ccccc1Cl. The molecule has 0 heterocycles. The van der Waals surface area contributed by atoms with Gasteiger partial charge >= 0.3 is 0 Å². The quantitative estimate of drug-likeness (QED) is 0.651. The van der Waals surface area contributed by atoms with Gasteiger partial charge in [0.15, 0.2) is 0 Å². The number of benzene rings is 2. The normalized spacial score (nSPS) is 12.2. The van der Waals surface area contributed by atoms with Crippen LogP contribution in [-0.2, 0) is 6.54 Å². The maximum atomic E-state index is 6.23. The van der Waals surface area contributed by atoms with Gasteiger partial charge in [-0.2, -0.15) is 0 Å². The standard InChI is InChI=1S/C16H16Br2ClNO/c1-10(13-5-3-4-6-15(13)19)20-9-11-7-12(17)8-14(18)16(11)21-2/h3-8,10,20H,9H2,1-2H3/t10-/m1/s1. The van der Waals surface area contributed by atoms with E-state index in [1.807, 2.05) is 30.3 Å². The van der Waals surface area contributed by atoms with E-state index in [-0.39, 0.29) is 6.04 Å². The number of hydrogen-bond acceptors (Lipinski definition) is 2. The van der Waals surface area contributed by atoms with E-state index in [1.54, 1.807) is 7.11 Å². The molecule has 0 amide bonds. The summed E-state index contributed by atoms with van der Waals surface area (Å²) in [6.07, 6.45) is 0. The molecule has 0 saturated heterocycles. The molecule has 1 N–H and O–H groups in total. The molecule has 0 aliphatic heterocycles. The van der Waals surface area contributed by atoms with E-state index in [0.717, 1.165) is 30.8 Å². The lowest BCUT2D eigenvalue weighted by Gasteiger charge is -2.18. The molecule has 112 valence electrons. The summed E-state index contributed by atoms with van der Waals surface area (Å²) in [5.41, 5.74) is 2.17. The Balaban J connectivity index is 2.15. The molecule has 0 aliphatic carbocycles. The molecule has 0 aromatic heterocycles. The first-order valence-electron chi connectivity index (χ1n) is 6.52. The Morgan fingerprint density at radius 2 is 1.95 bits per heavy atom. The molecule has 5 heteroatoms. The highest BCUT2D eigenvalue weighted by Crippen LogP contribution is 2.33. The second-order valence-electron chi connectivity index (χ2n) is 4.70. The maximum absolute atomic E-state index is 6.23. The summed E-state index contributed by atoms with van der Waals surface area (Å²) in [4.78, 5) is 0. The number of methoxy groups -OCH3 is 1. The van der Waals surface area contributed by atoms with E-state index in [4.69, 9.17) is 16.3 Å². The van der Waals surface area contributed by atoms with Crippen LogP contribution in [0.15, 0.2) is 45.3 Å². The van der Waals surface area contributed by atoms with Crippen LogP contribution in [-0.4, -0.2) is 7.11 Å². The first-order valence-corrected chi connectivity index (χ1v) is 8.49. The third-order valence-corrected chi connectivity index (χ3v) is 4.65. The molecule has 0 unspecified atom stereocenters. The lowest BCUT2D eigenvalue weighted by atomic mass is 10.1. The molecule has 0 aliphatic rings. The van der Waals surface area contributed by atoms with Gasteiger partial charge in [-0.25, -0.2) is 0 Å². The van der Waals surface area contributed by atoms with Crippen LogP contribution in [0.2, 0.25) is 5.02 Å². The van der Waals surface area contributed by atoms with Gasteiger partial charge in [0, 0.05) is 27.6 Å². The second-order valence-corrected chi connectivity index (χ2v) is 6.88. The molecule has 2 rings (SSSR count). The van der Waals surface area contributed by atoms with Gasteiger partial charge in [0.1, 0.15) is 5.75 Å². The van der Waals surface area contributed by atoms with Gasteiger partial charge in [0.2, 0.25) is 0 Å². The Bertz CT molecular complexity index is 634. The van der Waals surface area contributed by atoms with E-state index in [9.17, 15) is 0 Å². The predicted octanol–water partition coefficient (Wildman–Crippen LogP) is 5.72. The molecule has 0 saturated carbocycles. The van der Waals surface area contributed by atoms with Gasteiger partial charge in [-0.15, -0.1) is 0 Å². The van der Waals surface area contributed by atoms with Gasteiger partial charge in [-0.3, -0.25) is 0 Å². The van der Waals surface area contributed by atoms with Gasteiger partial charge in [0.05, 0.1) is 11.6 Å². The van der Waals surface area contributed by atoms with Crippen molar-refractivity contribution in [3.05, 3.63) is 61.5 Å². The van der Waals surface area contributed by atoms with Gasteiger partial charge in [-0.1, -0.05) is 45.7 Å². The molecule has 2 nitrogen and oxygen atoms in total. The fraction of sp³-hybridized carbons (Fsp3) is 0.250. The number of rotatable bonds is 5. The summed E-state index contributed by atoms with van der Waals surface area (Å²) >= 11 is 13.3. The monoisotopic (exact) mass is 431 g/mol. The largest absolute Gasteiger partial charge is 0.495 e. The Morgan fingerprint density at radius 1 is 1.24 bits per heavy atom. The van der Waals surface area contributed by atoms with E-state index in [2.05, 4.69) is 50.2 Å². The number of nitrogens with one attached hydrogen (secondary N) is 1. The lowest BCUT2D eigenvalue weighted by Crippen LogP contribution is -2.19. The molecule has 1 atom stereocenters. The third kappa shape index (κ3) is 4.22. The smallest absolute Gasteiger partial charge is 0.137 e. The van der Waals surface area contributed by atoms with Crippen LogP contribution >= 0.6 is 43.5 Å². The summed E-state index contributed by atoms with van der Waals surface area (Å²) in [5.74, 6) is 0.844. The first-order chi connectivity index (χ1) is 10.0. The Kier molecular flexibility index (Phi) is 6.11. The van der Waals surface area contributed by atoms with Crippen molar-refractivity contribution in [2.45, 2.75) is 19.5 Å². The molecule has 2 aromatic carbocycles. The highest BCUT2D eigenvalue weighted by molar-refractivity contribution is 9.11. The minimum Gasteiger partial charge on any atom is -0.495 e. The summed E-state index contributed by atoms with van der Waals surface area (Å²) in [7, 11) is 1.68. The molecular formula is C16H16Br2ClNO. The molecule has 0 radical (unpaired) electrons. The zero-order chi connectivity index (χ0) is 15.4. The van der Waals surface area contributed by atoms with Crippen LogP contribution in [0.25, 0.3) is 0 Å². The minimum absolute atomic E-state index is 0.154. The summed E-state index contributed by atoms with van der Waals surface area (Å²) < 4.78 is 7.40. The van der Waals surface area contributed by atoms with Crippen molar-refractivity contribution in [1.29, 1.82) is 0 Å². The second kappa shape index (κ2) is 7.63. The molecule has 2 aromatic rings. The predicted molar refractivity (Wildman–Crippen MR) is 95.1 cm³/mol. The zero-order valence-corrected chi connectivity index (χ0v) is 15.7. The maximum Gasteiger partial charge on any atom is 0.137 e. The first kappa shape index (κ1) is 16.8. The van der Waals surface area contributed by atoms with Crippen LogP contribution in [0.4, 0.5) is 0 Å². The number of hydrogen-bond donors (Lipinski definition) is 1. The van der Waals surface area contributed by atoms with Crippen molar-refractivity contribution in [3.8, 4) is 5.75 Å². The molecular weight excluding hydrogens is 417 g/mol. The fourth-order valence-electron chi connectivity index (χ4n) is 2.17. The van der Waals surface area contributed by atoms with E-state index < -0.39 is 0 Å². The summed E-state index contributed by atoms with van der Waals surface area (Å²) in [5, 5.41) is 4.26. The molecule has 0 bridgehead atoms. The van der Waals surface area contributed by atoms with Gasteiger partial charge in [-0.05, 0) is 46.6 Å². The highest BCUT2D eigenvalue weighted by atomic mass is 79.9. The van der Waals surface area contributed by atoms with E-state index in [0.29, 0.717) is 6.54 Å². The van der Waals surface area contributed by atoms with Crippen molar-refractivity contribution in [2.24, 2.45) is 0 Å². The van der Waals surface area contributed by atoms with Crippen molar-refractivity contribution in [3.63, 3.8) is 0 Å². The highest BCUT2D eigenvalue weighted by Gasteiger charge is 2.12. The van der Waals surface area contributed by atoms with Crippen LogP contribution in [0.1, 0.15) is 24.1 Å². The molecule has 0 spiro atoms. The third-order valence-electron chi connectivity index (χ3n) is 3.26. The topological polar surface area (TPSA) is 21.3 Å². The van der Waals surface area contributed by atoms with Gasteiger partial charge in [0.25, 0.3) is 0 Å². The van der Waals surface area contributed by atoms with E-state index >= 15 is 0 Å². The van der Waals surface area contributed by atoms with Gasteiger partial charge < -0.3 is 10.1 Å². The Hall–Kier alpha value is -0.550. The number of ether oxygens (including phenoxy) is 1. The molecule has 21 heavy (non-hydrogen) atoms. The Labute approximate surface area is 147 Å². The van der Waals surface area contributed by atoms with E-state index in [1.165, 1.54) is 0 Å². The van der Waals surface area contributed by atoms with Crippen molar-refractivity contribution in [2.75, 3.05) is 7.11 Å². The zero-order valence-electron chi connectivity index (χ0n) is 11.8. The summed E-state index contributed by atoms with van der Waals surface area (Å²) in [6.45, 7) is 2.79. The van der Waals surface area contributed by atoms with Crippen LogP contribution in [0.3, 0.4) is 0 Å². The van der Waals surface area contributed by atoms with Crippen molar-refractivity contribution in [1.82, 2.24) is 5.32 Å². The van der Waals surface area contributed by atoms with Crippen LogP contribution in [0, 0.1) is 0 Å². The Morgan fingerprint density at radius 3 is 2.62 bits per heavy atom. The minimum atomic E-state index is 0.154. The van der Waals surface area contributed by atoms with Crippen LogP contribution in [0.5, 0.6) is 5.75 Å². The summed E-state index contributed by atoms with van der Waals surface area (Å²) in [6, 6.07) is 12.1. The van der Waals surface area contributed by atoms with Crippen molar-refractivity contribution >= 4 is 43.5 Å².